The number of hydrogen-bond donors (Lipinski definition) is 0. The van der Waals surface area contributed by atoms with Gasteiger partial charge in [0.25, 0.3) is 0 Å². The second-order valence-electron chi connectivity index (χ2n) is 3.41. The highest BCUT2D eigenvalue weighted by molar-refractivity contribution is 4.81. The third-order valence-corrected chi connectivity index (χ3v) is 2.49. The van der Waals surface area contributed by atoms with Crippen LogP contribution in [0.15, 0.2) is 12.8 Å². The molecular formula is C9H18N2. The maximum atomic E-state index is 3.77. The van der Waals surface area contributed by atoms with Gasteiger partial charge in [-0.1, -0.05) is 6.58 Å². The number of hydrogen-bond acceptors (Lipinski definition) is 2. The van der Waals surface area contributed by atoms with E-state index in [2.05, 4.69) is 30.5 Å². The normalized spacial score (nSPS) is 20.8. The van der Waals surface area contributed by atoms with E-state index in [1.165, 1.54) is 25.9 Å². The molecule has 0 spiro atoms. The van der Waals surface area contributed by atoms with Crippen LogP contribution in [0.25, 0.3) is 0 Å². The molecule has 0 unspecified atom stereocenters. The van der Waals surface area contributed by atoms with Crippen molar-refractivity contribution in [1.82, 2.24) is 9.80 Å². The van der Waals surface area contributed by atoms with E-state index in [-0.39, 0.29) is 0 Å². The average Bonchev–Trinajstić information content (AvgIpc) is 2.05. The zero-order valence-corrected chi connectivity index (χ0v) is 7.58. The molecule has 0 aromatic heterocycles. The highest BCUT2D eigenvalue weighted by Crippen LogP contribution is 2.13. The lowest BCUT2D eigenvalue weighted by atomic mass is 10.0. The minimum absolute atomic E-state index is 0.784. The van der Waals surface area contributed by atoms with Crippen LogP contribution >= 0.6 is 0 Å². The van der Waals surface area contributed by atoms with Crippen LogP contribution in [0.1, 0.15) is 12.8 Å². The summed E-state index contributed by atoms with van der Waals surface area (Å²) in [6.45, 7) is 6.11. The Balaban J connectivity index is 2.29. The van der Waals surface area contributed by atoms with E-state index in [9.17, 15) is 0 Å². The van der Waals surface area contributed by atoms with Crippen LogP contribution in [0.4, 0.5) is 0 Å². The molecular weight excluding hydrogens is 136 g/mol. The fraction of sp³-hybridized carbons (Fsp3) is 0.778. The Morgan fingerprint density at radius 1 is 1.36 bits per heavy atom. The van der Waals surface area contributed by atoms with E-state index in [1.807, 2.05) is 6.20 Å². The minimum Gasteiger partial charge on any atom is -0.378 e. The second-order valence-corrected chi connectivity index (χ2v) is 3.41. The van der Waals surface area contributed by atoms with Gasteiger partial charge in [-0.15, -0.1) is 0 Å². The van der Waals surface area contributed by atoms with Gasteiger partial charge in [0.15, 0.2) is 0 Å². The standard InChI is InChI=1S/C9H18N2/c1-4-11-7-5-9(6-8-11)10(2)3/h4,9H,1,5-8H2,2-3H3. The van der Waals surface area contributed by atoms with Crippen LogP contribution in [0.3, 0.4) is 0 Å². The molecule has 0 aromatic carbocycles. The van der Waals surface area contributed by atoms with Crippen LogP contribution in [0.5, 0.6) is 0 Å². The number of likely N-dealkylation sites (tertiary alicyclic amines) is 1. The zero-order valence-electron chi connectivity index (χ0n) is 7.58. The predicted molar refractivity (Wildman–Crippen MR) is 48.5 cm³/mol. The largest absolute Gasteiger partial charge is 0.378 e. The van der Waals surface area contributed by atoms with Crippen LogP contribution < -0.4 is 0 Å². The van der Waals surface area contributed by atoms with Crippen LogP contribution in [-0.4, -0.2) is 43.0 Å². The summed E-state index contributed by atoms with van der Waals surface area (Å²) in [6.07, 6.45) is 4.50. The first-order chi connectivity index (χ1) is 5.24. The Kier molecular flexibility index (Phi) is 2.94. The monoisotopic (exact) mass is 154 g/mol. The molecule has 0 radical (unpaired) electrons. The van der Waals surface area contributed by atoms with E-state index < -0.39 is 0 Å². The summed E-state index contributed by atoms with van der Waals surface area (Å²) in [6, 6.07) is 0.784. The summed E-state index contributed by atoms with van der Waals surface area (Å²) < 4.78 is 0. The molecule has 0 aromatic rings. The molecule has 64 valence electrons. The highest BCUT2D eigenvalue weighted by Gasteiger charge is 2.17. The lowest BCUT2D eigenvalue weighted by Crippen LogP contribution is -2.39. The van der Waals surface area contributed by atoms with Crippen molar-refractivity contribution in [2.45, 2.75) is 18.9 Å². The van der Waals surface area contributed by atoms with Gasteiger partial charge in [0, 0.05) is 19.1 Å². The summed E-state index contributed by atoms with van der Waals surface area (Å²) in [5.74, 6) is 0. The molecule has 0 bridgehead atoms. The molecule has 0 amide bonds. The van der Waals surface area contributed by atoms with E-state index in [4.69, 9.17) is 0 Å². The molecule has 11 heavy (non-hydrogen) atoms. The van der Waals surface area contributed by atoms with Gasteiger partial charge >= 0.3 is 0 Å². The number of nitrogens with zero attached hydrogens (tertiary/aromatic N) is 2. The van der Waals surface area contributed by atoms with Crippen LogP contribution in [0, 0.1) is 0 Å². The third kappa shape index (κ3) is 2.22. The van der Waals surface area contributed by atoms with Gasteiger partial charge in [-0.05, 0) is 33.1 Å². The van der Waals surface area contributed by atoms with Crippen molar-refractivity contribution in [1.29, 1.82) is 0 Å². The van der Waals surface area contributed by atoms with E-state index in [1.54, 1.807) is 0 Å². The van der Waals surface area contributed by atoms with Gasteiger partial charge in [-0.25, -0.2) is 0 Å². The SMILES string of the molecule is C=CN1CCC(N(C)C)CC1. The maximum absolute atomic E-state index is 3.77. The van der Waals surface area contributed by atoms with Gasteiger partial charge in [-0.2, -0.15) is 0 Å². The highest BCUT2D eigenvalue weighted by atomic mass is 15.2. The molecule has 1 saturated heterocycles. The molecule has 1 aliphatic heterocycles. The quantitative estimate of drug-likeness (QED) is 0.589. The molecule has 0 aliphatic carbocycles. The van der Waals surface area contributed by atoms with Gasteiger partial charge in [0.1, 0.15) is 0 Å². The van der Waals surface area contributed by atoms with Crippen molar-refractivity contribution in [2.24, 2.45) is 0 Å². The van der Waals surface area contributed by atoms with Crippen molar-refractivity contribution < 1.29 is 0 Å². The summed E-state index contributed by atoms with van der Waals surface area (Å²) in [5.41, 5.74) is 0. The predicted octanol–water partition coefficient (Wildman–Crippen LogP) is 1.16. The Morgan fingerprint density at radius 2 is 1.91 bits per heavy atom. The lowest BCUT2D eigenvalue weighted by Gasteiger charge is -2.34. The van der Waals surface area contributed by atoms with E-state index in [0.717, 1.165) is 6.04 Å². The number of rotatable bonds is 2. The smallest absolute Gasteiger partial charge is 0.0187 e. The average molecular weight is 154 g/mol. The second kappa shape index (κ2) is 3.77. The Labute approximate surface area is 69.5 Å². The Hall–Kier alpha value is -0.500. The lowest BCUT2D eigenvalue weighted by molar-refractivity contribution is 0.179. The summed E-state index contributed by atoms with van der Waals surface area (Å²) in [7, 11) is 4.32. The van der Waals surface area contributed by atoms with E-state index >= 15 is 0 Å². The first-order valence-electron chi connectivity index (χ1n) is 4.27. The van der Waals surface area contributed by atoms with Crippen molar-refractivity contribution in [3.63, 3.8) is 0 Å². The molecule has 0 N–H and O–H groups in total. The van der Waals surface area contributed by atoms with Crippen molar-refractivity contribution in [3.05, 3.63) is 12.8 Å². The van der Waals surface area contributed by atoms with Gasteiger partial charge < -0.3 is 9.80 Å². The fourth-order valence-corrected chi connectivity index (χ4v) is 1.58. The van der Waals surface area contributed by atoms with Crippen molar-refractivity contribution >= 4 is 0 Å². The van der Waals surface area contributed by atoms with Gasteiger partial charge in [-0.3, -0.25) is 0 Å². The first kappa shape index (κ1) is 8.60. The number of piperidine rings is 1. The Bertz CT molecular complexity index is 124. The zero-order chi connectivity index (χ0) is 8.27. The molecule has 1 rings (SSSR count). The first-order valence-corrected chi connectivity index (χ1v) is 4.27. The molecule has 2 heteroatoms. The van der Waals surface area contributed by atoms with E-state index in [0.29, 0.717) is 0 Å². The Morgan fingerprint density at radius 3 is 2.27 bits per heavy atom. The third-order valence-electron chi connectivity index (χ3n) is 2.49. The maximum Gasteiger partial charge on any atom is 0.0187 e. The fourth-order valence-electron chi connectivity index (χ4n) is 1.58. The summed E-state index contributed by atoms with van der Waals surface area (Å²) in [5, 5.41) is 0. The summed E-state index contributed by atoms with van der Waals surface area (Å²) in [4.78, 5) is 4.61. The van der Waals surface area contributed by atoms with Crippen molar-refractivity contribution in [3.8, 4) is 0 Å². The van der Waals surface area contributed by atoms with Crippen LogP contribution in [-0.2, 0) is 0 Å². The molecule has 1 aliphatic rings. The molecule has 0 saturated carbocycles. The molecule has 0 atom stereocenters. The topological polar surface area (TPSA) is 6.48 Å². The van der Waals surface area contributed by atoms with Gasteiger partial charge in [0.2, 0.25) is 0 Å². The van der Waals surface area contributed by atoms with Crippen molar-refractivity contribution in [2.75, 3.05) is 27.2 Å². The molecule has 2 nitrogen and oxygen atoms in total. The van der Waals surface area contributed by atoms with Crippen LogP contribution in [0.2, 0.25) is 0 Å². The molecule has 1 heterocycles. The minimum atomic E-state index is 0.784. The summed E-state index contributed by atoms with van der Waals surface area (Å²) >= 11 is 0. The molecule has 1 fully saturated rings. The van der Waals surface area contributed by atoms with Gasteiger partial charge in [0.05, 0.1) is 0 Å².